The highest BCUT2D eigenvalue weighted by Crippen LogP contribution is 2.26. The molecule has 4 rings (SSSR count). The normalized spacial score (nSPS) is 16.2. The van der Waals surface area contributed by atoms with Crippen LogP contribution in [0.3, 0.4) is 0 Å². The van der Waals surface area contributed by atoms with Crippen LogP contribution in [-0.2, 0) is 6.54 Å². The molecular formula is C24H29N3O2. The van der Waals surface area contributed by atoms with E-state index in [1.165, 1.54) is 5.56 Å². The van der Waals surface area contributed by atoms with Crippen molar-refractivity contribution in [3.8, 4) is 5.75 Å². The first kappa shape index (κ1) is 19.5. The zero-order chi connectivity index (χ0) is 20.4. The fourth-order valence-electron chi connectivity index (χ4n) is 4.31. The predicted molar refractivity (Wildman–Crippen MR) is 116 cm³/mol. The van der Waals surface area contributed by atoms with E-state index in [1.807, 2.05) is 35.2 Å². The molecule has 1 amide bonds. The number of benzene rings is 2. The number of aryl methyl sites for hydroxylation is 1. The van der Waals surface area contributed by atoms with Crippen molar-refractivity contribution < 1.29 is 9.53 Å². The molecule has 1 aliphatic heterocycles. The topological polar surface area (TPSA) is 37.7 Å². The number of carbonyl (C=O) groups is 1. The molecule has 1 atom stereocenters. The van der Waals surface area contributed by atoms with Crippen molar-refractivity contribution in [2.45, 2.75) is 26.4 Å². The largest absolute Gasteiger partial charge is 0.497 e. The van der Waals surface area contributed by atoms with Crippen molar-refractivity contribution in [3.05, 3.63) is 65.9 Å². The lowest BCUT2D eigenvalue weighted by Crippen LogP contribution is -2.49. The van der Waals surface area contributed by atoms with Crippen LogP contribution in [0.4, 0.5) is 0 Å². The maximum atomic E-state index is 13.2. The summed E-state index contributed by atoms with van der Waals surface area (Å²) in [5.41, 5.74) is 3.17. The van der Waals surface area contributed by atoms with E-state index in [4.69, 9.17) is 4.74 Å². The molecule has 1 aromatic heterocycles. The Bertz CT molecular complexity index is 1000. The highest BCUT2D eigenvalue weighted by atomic mass is 16.5. The number of hydrogen-bond acceptors (Lipinski definition) is 3. The number of nitrogens with zero attached hydrogens (tertiary/aromatic N) is 3. The van der Waals surface area contributed by atoms with Gasteiger partial charge in [0.05, 0.1) is 7.11 Å². The number of para-hydroxylation sites is 1. The molecule has 5 heteroatoms. The van der Waals surface area contributed by atoms with Crippen molar-refractivity contribution in [2.75, 3.05) is 33.3 Å². The van der Waals surface area contributed by atoms with Gasteiger partial charge in [0.15, 0.2) is 0 Å². The van der Waals surface area contributed by atoms with E-state index in [2.05, 4.69) is 47.6 Å². The number of amides is 1. The zero-order valence-electron chi connectivity index (χ0n) is 17.5. The van der Waals surface area contributed by atoms with Crippen LogP contribution in [0, 0.1) is 0 Å². The third-order valence-electron chi connectivity index (χ3n) is 6.07. The molecule has 1 unspecified atom stereocenters. The van der Waals surface area contributed by atoms with Gasteiger partial charge in [-0.3, -0.25) is 9.69 Å². The Morgan fingerprint density at radius 1 is 1.03 bits per heavy atom. The Morgan fingerprint density at radius 3 is 2.52 bits per heavy atom. The smallest absolute Gasteiger partial charge is 0.270 e. The van der Waals surface area contributed by atoms with E-state index in [0.29, 0.717) is 6.04 Å². The molecule has 1 saturated heterocycles. The Labute approximate surface area is 172 Å². The Hall–Kier alpha value is -2.79. The first-order chi connectivity index (χ1) is 14.1. The molecule has 0 radical (unpaired) electrons. The summed E-state index contributed by atoms with van der Waals surface area (Å²) < 4.78 is 7.49. The van der Waals surface area contributed by atoms with Crippen LogP contribution in [0.15, 0.2) is 54.6 Å². The van der Waals surface area contributed by atoms with Crippen molar-refractivity contribution in [1.82, 2.24) is 14.4 Å². The molecule has 2 heterocycles. The number of hydrogen-bond donors (Lipinski definition) is 0. The highest BCUT2D eigenvalue weighted by Gasteiger charge is 2.27. The number of rotatable bonds is 5. The fourth-order valence-corrected chi connectivity index (χ4v) is 4.31. The van der Waals surface area contributed by atoms with Crippen LogP contribution in [0.25, 0.3) is 10.9 Å². The molecular weight excluding hydrogens is 362 g/mol. The van der Waals surface area contributed by atoms with Gasteiger partial charge in [0.1, 0.15) is 11.4 Å². The quantitative estimate of drug-likeness (QED) is 0.655. The maximum absolute atomic E-state index is 13.2. The van der Waals surface area contributed by atoms with Crippen LogP contribution in [-0.4, -0.2) is 53.6 Å². The summed E-state index contributed by atoms with van der Waals surface area (Å²) in [6, 6.07) is 18.8. The van der Waals surface area contributed by atoms with Crippen molar-refractivity contribution in [2.24, 2.45) is 0 Å². The second kappa shape index (κ2) is 8.29. The molecule has 0 saturated carbocycles. The van der Waals surface area contributed by atoms with Gasteiger partial charge in [-0.05, 0) is 43.7 Å². The van der Waals surface area contributed by atoms with Gasteiger partial charge < -0.3 is 14.2 Å². The molecule has 29 heavy (non-hydrogen) atoms. The van der Waals surface area contributed by atoms with Crippen LogP contribution < -0.4 is 4.74 Å². The van der Waals surface area contributed by atoms with E-state index in [0.717, 1.165) is 55.1 Å². The van der Waals surface area contributed by atoms with Crippen molar-refractivity contribution in [3.63, 3.8) is 0 Å². The van der Waals surface area contributed by atoms with Crippen LogP contribution in [0.5, 0.6) is 5.75 Å². The summed E-state index contributed by atoms with van der Waals surface area (Å²) in [6.45, 7) is 8.35. The number of piperazine rings is 1. The molecule has 0 bridgehead atoms. The van der Waals surface area contributed by atoms with E-state index in [-0.39, 0.29) is 5.91 Å². The summed E-state index contributed by atoms with van der Waals surface area (Å²) in [5.74, 6) is 1.02. The average molecular weight is 392 g/mol. The van der Waals surface area contributed by atoms with Crippen LogP contribution >= 0.6 is 0 Å². The molecule has 1 fully saturated rings. The summed E-state index contributed by atoms with van der Waals surface area (Å²) >= 11 is 0. The molecule has 152 valence electrons. The fraction of sp³-hybridized carbons (Fsp3) is 0.375. The van der Waals surface area contributed by atoms with E-state index in [9.17, 15) is 4.79 Å². The van der Waals surface area contributed by atoms with Gasteiger partial charge in [0, 0.05) is 49.7 Å². The minimum atomic E-state index is 0.136. The van der Waals surface area contributed by atoms with Crippen molar-refractivity contribution in [1.29, 1.82) is 0 Å². The van der Waals surface area contributed by atoms with Crippen LogP contribution in [0.2, 0.25) is 0 Å². The third kappa shape index (κ3) is 3.75. The lowest BCUT2D eigenvalue weighted by atomic mass is 10.1. The number of fused-ring (bicyclic) bond motifs is 1. The van der Waals surface area contributed by atoms with Gasteiger partial charge in [-0.15, -0.1) is 0 Å². The van der Waals surface area contributed by atoms with Gasteiger partial charge in [-0.1, -0.05) is 30.3 Å². The lowest BCUT2D eigenvalue weighted by molar-refractivity contribution is 0.0572. The summed E-state index contributed by atoms with van der Waals surface area (Å²) in [6.07, 6.45) is 0. The molecule has 5 nitrogen and oxygen atoms in total. The second-order valence-corrected chi connectivity index (χ2v) is 7.61. The number of carbonyl (C=O) groups excluding carboxylic acids is 1. The Morgan fingerprint density at radius 2 is 1.79 bits per heavy atom. The SMILES string of the molecule is CCn1c(C(=O)N2CCN(C(C)c3cccc(OC)c3)CC2)cc2ccccc21. The molecule has 3 aromatic rings. The lowest BCUT2D eigenvalue weighted by Gasteiger charge is -2.38. The third-order valence-corrected chi connectivity index (χ3v) is 6.07. The summed E-state index contributed by atoms with van der Waals surface area (Å²) in [5, 5.41) is 1.13. The Balaban J connectivity index is 1.46. The number of methoxy groups -OCH3 is 1. The van der Waals surface area contributed by atoms with Crippen molar-refractivity contribution >= 4 is 16.8 Å². The minimum Gasteiger partial charge on any atom is -0.497 e. The van der Waals surface area contributed by atoms with E-state index in [1.54, 1.807) is 7.11 Å². The van der Waals surface area contributed by atoms with E-state index >= 15 is 0 Å². The first-order valence-electron chi connectivity index (χ1n) is 10.4. The first-order valence-corrected chi connectivity index (χ1v) is 10.4. The predicted octanol–water partition coefficient (Wildman–Crippen LogP) is 4.19. The number of ether oxygens (including phenoxy) is 1. The molecule has 2 aromatic carbocycles. The van der Waals surface area contributed by atoms with Gasteiger partial charge in [-0.2, -0.15) is 0 Å². The van der Waals surface area contributed by atoms with Gasteiger partial charge in [0.25, 0.3) is 5.91 Å². The molecule has 1 aliphatic rings. The van der Waals surface area contributed by atoms with Gasteiger partial charge >= 0.3 is 0 Å². The summed E-state index contributed by atoms with van der Waals surface area (Å²) in [7, 11) is 1.70. The van der Waals surface area contributed by atoms with Crippen LogP contribution in [0.1, 0.15) is 35.9 Å². The monoisotopic (exact) mass is 391 g/mol. The van der Waals surface area contributed by atoms with Gasteiger partial charge in [0.2, 0.25) is 0 Å². The standard InChI is InChI=1S/C24H29N3O2/c1-4-27-22-11-6-5-8-20(22)17-23(27)24(28)26-14-12-25(13-15-26)18(2)19-9-7-10-21(16-19)29-3/h5-11,16-18H,4,12-15H2,1-3H3. The molecule has 0 spiro atoms. The van der Waals surface area contributed by atoms with E-state index < -0.39 is 0 Å². The number of aromatic nitrogens is 1. The molecule has 0 N–H and O–H groups in total. The Kier molecular flexibility index (Phi) is 5.58. The summed E-state index contributed by atoms with van der Waals surface area (Å²) in [4.78, 5) is 17.7. The molecule has 0 aliphatic carbocycles. The average Bonchev–Trinajstić information content (AvgIpc) is 3.17. The highest BCUT2D eigenvalue weighted by molar-refractivity contribution is 5.98. The maximum Gasteiger partial charge on any atom is 0.270 e. The van der Waals surface area contributed by atoms with Gasteiger partial charge in [-0.25, -0.2) is 0 Å². The minimum absolute atomic E-state index is 0.136. The zero-order valence-corrected chi connectivity index (χ0v) is 17.5. The second-order valence-electron chi connectivity index (χ2n) is 7.61.